The Morgan fingerprint density at radius 3 is 2.37 bits per heavy atom. The van der Waals surface area contributed by atoms with Crippen molar-refractivity contribution in [3.63, 3.8) is 0 Å². The third-order valence-corrected chi connectivity index (χ3v) is 5.00. The van der Waals surface area contributed by atoms with E-state index in [1.807, 2.05) is 18.2 Å². The zero-order chi connectivity index (χ0) is 21.5. The number of amides is 1. The van der Waals surface area contributed by atoms with Crippen LogP contribution in [0.3, 0.4) is 0 Å². The molecule has 156 valence electrons. The Labute approximate surface area is 178 Å². The highest BCUT2D eigenvalue weighted by molar-refractivity contribution is 7.18. The van der Waals surface area contributed by atoms with Gasteiger partial charge in [-0.05, 0) is 35.9 Å². The van der Waals surface area contributed by atoms with E-state index in [2.05, 4.69) is 15.5 Å². The molecule has 0 fully saturated rings. The standard InChI is InChI=1S/C21H21N3O5S/c1-26-14-7-8-15(17(12-14)28-3)20-23-24-21(30-20)22-19(25)10-6-13-5-9-16(27-2)18(11-13)29-4/h5-12H,1-4H3,(H,22,24,25)/b10-6+. The second kappa shape index (κ2) is 9.75. The first-order valence-electron chi connectivity index (χ1n) is 8.85. The fraction of sp³-hybridized carbons (Fsp3) is 0.190. The predicted octanol–water partition coefficient (Wildman–Crippen LogP) is 3.89. The number of ether oxygens (including phenoxy) is 4. The molecule has 0 unspecified atom stereocenters. The summed E-state index contributed by atoms with van der Waals surface area (Å²) in [7, 11) is 6.28. The number of carbonyl (C=O) groups excluding carboxylic acids is 1. The largest absolute Gasteiger partial charge is 0.497 e. The van der Waals surface area contributed by atoms with Gasteiger partial charge in [-0.2, -0.15) is 0 Å². The summed E-state index contributed by atoms with van der Waals surface area (Å²) in [4.78, 5) is 12.3. The molecule has 0 aliphatic carbocycles. The van der Waals surface area contributed by atoms with Crippen LogP contribution in [0.15, 0.2) is 42.5 Å². The van der Waals surface area contributed by atoms with E-state index in [-0.39, 0.29) is 5.91 Å². The summed E-state index contributed by atoms with van der Waals surface area (Å²) < 4.78 is 21.1. The van der Waals surface area contributed by atoms with Gasteiger partial charge in [-0.1, -0.05) is 17.4 Å². The Kier molecular flexibility index (Phi) is 6.87. The van der Waals surface area contributed by atoms with Crippen LogP contribution in [0.4, 0.5) is 5.13 Å². The average molecular weight is 427 g/mol. The molecule has 3 aromatic rings. The topological polar surface area (TPSA) is 91.8 Å². The number of hydrogen-bond acceptors (Lipinski definition) is 8. The van der Waals surface area contributed by atoms with Crippen molar-refractivity contribution >= 4 is 28.5 Å². The predicted molar refractivity (Wildman–Crippen MR) is 116 cm³/mol. The summed E-state index contributed by atoms with van der Waals surface area (Å²) in [5.41, 5.74) is 1.56. The van der Waals surface area contributed by atoms with Crippen molar-refractivity contribution in [2.45, 2.75) is 0 Å². The van der Waals surface area contributed by atoms with Crippen LogP contribution in [0, 0.1) is 0 Å². The monoisotopic (exact) mass is 427 g/mol. The van der Waals surface area contributed by atoms with Crippen molar-refractivity contribution in [1.29, 1.82) is 0 Å². The zero-order valence-electron chi connectivity index (χ0n) is 17.0. The molecule has 30 heavy (non-hydrogen) atoms. The quantitative estimate of drug-likeness (QED) is 0.545. The smallest absolute Gasteiger partial charge is 0.250 e. The van der Waals surface area contributed by atoms with E-state index in [1.165, 1.54) is 17.4 Å². The second-order valence-electron chi connectivity index (χ2n) is 5.92. The van der Waals surface area contributed by atoms with Gasteiger partial charge in [-0.25, -0.2) is 0 Å². The minimum Gasteiger partial charge on any atom is -0.497 e. The first-order chi connectivity index (χ1) is 14.6. The molecule has 0 radical (unpaired) electrons. The Morgan fingerprint density at radius 2 is 1.67 bits per heavy atom. The van der Waals surface area contributed by atoms with Gasteiger partial charge >= 0.3 is 0 Å². The first kappa shape index (κ1) is 21.1. The number of methoxy groups -OCH3 is 4. The number of rotatable bonds is 8. The van der Waals surface area contributed by atoms with Crippen LogP contribution < -0.4 is 24.3 Å². The molecule has 0 saturated heterocycles. The highest BCUT2D eigenvalue weighted by Gasteiger charge is 2.14. The Bertz CT molecular complexity index is 1060. The van der Waals surface area contributed by atoms with E-state index in [0.29, 0.717) is 33.1 Å². The summed E-state index contributed by atoms with van der Waals surface area (Å²) in [6, 6.07) is 10.8. The maximum Gasteiger partial charge on any atom is 0.250 e. The molecule has 0 bridgehead atoms. The van der Waals surface area contributed by atoms with E-state index in [0.717, 1.165) is 11.1 Å². The van der Waals surface area contributed by atoms with Crippen LogP contribution in [-0.2, 0) is 4.79 Å². The lowest BCUT2D eigenvalue weighted by molar-refractivity contribution is -0.111. The van der Waals surface area contributed by atoms with Gasteiger partial charge in [0.2, 0.25) is 11.0 Å². The van der Waals surface area contributed by atoms with Crippen molar-refractivity contribution < 1.29 is 23.7 Å². The molecule has 1 aromatic heterocycles. The molecular formula is C21H21N3O5S. The average Bonchev–Trinajstić information content (AvgIpc) is 3.24. The van der Waals surface area contributed by atoms with Crippen LogP contribution in [0.5, 0.6) is 23.0 Å². The van der Waals surface area contributed by atoms with Crippen LogP contribution >= 0.6 is 11.3 Å². The summed E-state index contributed by atoms with van der Waals surface area (Å²) in [5.74, 6) is 2.16. The van der Waals surface area contributed by atoms with Gasteiger partial charge in [0.05, 0.1) is 34.0 Å². The van der Waals surface area contributed by atoms with E-state index >= 15 is 0 Å². The molecule has 0 aliphatic rings. The summed E-state index contributed by atoms with van der Waals surface area (Å²) in [6.07, 6.45) is 3.09. The van der Waals surface area contributed by atoms with Crippen LogP contribution in [0.2, 0.25) is 0 Å². The van der Waals surface area contributed by atoms with E-state index in [4.69, 9.17) is 18.9 Å². The molecule has 0 aliphatic heterocycles. The normalized spacial score (nSPS) is 10.7. The summed E-state index contributed by atoms with van der Waals surface area (Å²) in [5, 5.41) is 11.9. The molecule has 9 heteroatoms. The minimum absolute atomic E-state index is 0.325. The number of hydrogen-bond donors (Lipinski definition) is 1. The molecule has 8 nitrogen and oxygen atoms in total. The lowest BCUT2D eigenvalue weighted by atomic mass is 10.2. The fourth-order valence-electron chi connectivity index (χ4n) is 2.63. The highest BCUT2D eigenvalue weighted by Crippen LogP contribution is 2.36. The minimum atomic E-state index is -0.325. The Morgan fingerprint density at radius 1 is 0.900 bits per heavy atom. The van der Waals surface area contributed by atoms with Crippen molar-refractivity contribution in [2.24, 2.45) is 0 Å². The lowest BCUT2D eigenvalue weighted by Gasteiger charge is -2.07. The van der Waals surface area contributed by atoms with Gasteiger partial charge in [0, 0.05) is 12.1 Å². The molecule has 1 amide bonds. The Balaban J connectivity index is 1.70. The number of nitrogens with zero attached hydrogens (tertiary/aromatic N) is 2. The van der Waals surface area contributed by atoms with Crippen molar-refractivity contribution in [2.75, 3.05) is 33.8 Å². The van der Waals surface area contributed by atoms with Gasteiger partial charge in [-0.15, -0.1) is 10.2 Å². The summed E-state index contributed by atoms with van der Waals surface area (Å²) in [6.45, 7) is 0. The van der Waals surface area contributed by atoms with Crippen LogP contribution in [0.1, 0.15) is 5.56 Å². The molecule has 0 spiro atoms. The number of aromatic nitrogens is 2. The Hall–Kier alpha value is -3.59. The fourth-order valence-corrected chi connectivity index (χ4v) is 3.41. The molecule has 0 atom stereocenters. The van der Waals surface area contributed by atoms with Gasteiger partial charge in [0.1, 0.15) is 11.5 Å². The van der Waals surface area contributed by atoms with E-state index in [1.54, 1.807) is 52.7 Å². The van der Waals surface area contributed by atoms with Crippen molar-refractivity contribution in [1.82, 2.24) is 10.2 Å². The van der Waals surface area contributed by atoms with Gasteiger partial charge in [0.15, 0.2) is 16.5 Å². The maximum absolute atomic E-state index is 12.3. The van der Waals surface area contributed by atoms with Gasteiger partial charge < -0.3 is 18.9 Å². The molecule has 1 heterocycles. The molecule has 3 rings (SSSR count). The number of anilines is 1. The number of carbonyl (C=O) groups is 1. The third-order valence-electron chi connectivity index (χ3n) is 4.13. The molecule has 0 saturated carbocycles. The number of nitrogens with one attached hydrogen (secondary N) is 1. The molecule has 2 aromatic carbocycles. The van der Waals surface area contributed by atoms with Crippen LogP contribution in [-0.4, -0.2) is 44.5 Å². The van der Waals surface area contributed by atoms with Crippen molar-refractivity contribution in [3.05, 3.63) is 48.0 Å². The zero-order valence-corrected chi connectivity index (χ0v) is 17.8. The highest BCUT2D eigenvalue weighted by atomic mass is 32.1. The second-order valence-corrected chi connectivity index (χ2v) is 6.89. The summed E-state index contributed by atoms with van der Waals surface area (Å²) >= 11 is 1.24. The number of benzene rings is 2. The van der Waals surface area contributed by atoms with Gasteiger partial charge in [0.25, 0.3) is 0 Å². The van der Waals surface area contributed by atoms with E-state index < -0.39 is 0 Å². The van der Waals surface area contributed by atoms with Gasteiger partial charge in [-0.3, -0.25) is 10.1 Å². The molecule has 1 N–H and O–H groups in total. The SMILES string of the molecule is COc1ccc(-c2nnc(NC(=O)/C=C/c3ccc(OC)c(OC)c3)s2)c(OC)c1. The van der Waals surface area contributed by atoms with Crippen LogP contribution in [0.25, 0.3) is 16.6 Å². The molecular weight excluding hydrogens is 406 g/mol. The first-order valence-corrected chi connectivity index (χ1v) is 9.66. The maximum atomic E-state index is 12.3. The lowest BCUT2D eigenvalue weighted by Crippen LogP contribution is -2.07. The van der Waals surface area contributed by atoms with Crippen molar-refractivity contribution in [3.8, 4) is 33.6 Å². The van der Waals surface area contributed by atoms with E-state index in [9.17, 15) is 4.79 Å². The third kappa shape index (κ3) is 4.87.